The molecule has 0 fully saturated rings. The lowest BCUT2D eigenvalue weighted by Gasteiger charge is -2.11. The minimum atomic E-state index is -0.202. The van der Waals surface area contributed by atoms with Crippen LogP contribution in [0.4, 0.5) is 0 Å². The highest BCUT2D eigenvalue weighted by Crippen LogP contribution is 2.12. The highest BCUT2D eigenvalue weighted by molar-refractivity contribution is 5.66. The molecule has 0 heterocycles. The minimum absolute atomic E-state index is 0.202. The van der Waals surface area contributed by atoms with E-state index in [2.05, 4.69) is 26.8 Å². The SMILES string of the molecule is CCCCC=C(COC(C)=O)C(C)C. The molecule has 0 aromatic heterocycles. The van der Waals surface area contributed by atoms with Gasteiger partial charge < -0.3 is 4.74 Å². The van der Waals surface area contributed by atoms with E-state index in [9.17, 15) is 4.79 Å². The molecule has 0 amide bonds. The third kappa shape index (κ3) is 6.70. The molecule has 0 aliphatic carbocycles. The quantitative estimate of drug-likeness (QED) is 0.372. The maximum absolute atomic E-state index is 10.7. The second kappa shape index (κ2) is 7.60. The summed E-state index contributed by atoms with van der Waals surface area (Å²) < 4.78 is 4.99. The number of rotatable bonds is 6. The topological polar surface area (TPSA) is 26.3 Å². The first-order chi connectivity index (χ1) is 6.57. The summed E-state index contributed by atoms with van der Waals surface area (Å²) in [6.45, 7) is 8.33. The van der Waals surface area contributed by atoms with Crippen LogP contribution in [0, 0.1) is 5.92 Å². The molecule has 0 spiro atoms. The zero-order valence-corrected chi connectivity index (χ0v) is 9.80. The number of carbonyl (C=O) groups excluding carboxylic acids is 1. The Hall–Kier alpha value is -0.790. The van der Waals surface area contributed by atoms with E-state index in [0.717, 1.165) is 6.42 Å². The summed E-state index contributed by atoms with van der Waals surface area (Å²) in [4.78, 5) is 10.7. The lowest BCUT2D eigenvalue weighted by molar-refractivity contribution is -0.140. The van der Waals surface area contributed by atoms with Crippen molar-refractivity contribution in [3.05, 3.63) is 11.6 Å². The van der Waals surface area contributed by atoms with E-state index in [1.54, 1.807) is 0 Å². The molecule has 0 rings (SSSR count). The van der Waals surface area contributed by atoms with Crippen molar-refractivity contribution in [2.45, 2.75) is 47.0 Å². The first kappa shape index (κ1) is 13.2. The number of unbranched alkanes of at least 4 members (excludes halogenated alkanes) is 2. The molecule has 0 aromatic rings. The Morgan fingerprint density at radius 1 is 1.43 bits per heavy atom. The van der Waals surface area contributed by atoms with Gasteiger partial charge in [0.05, 0.1) is 0 Å². The molecule has 82 valence electrons. The molecule has 2 heteroatoms. The highest BCUT2D eigenvalue weighted by atomic mass is 16.5. The summed E-state index contributed by atoms with van der Waals surface area (Å²) in [6, 6.07) is 0. The summed E-state index contributed by atoms with van der Waals surface area (Å²) in [5, 5.41) is 0. The van der Waals surface area contributed by atoms with Gasteiger partial charge in [-0.3, -0.25) is 4.79 Å². The van der Waals surface area contributed by atoms with Crippen LogP contribution < -0.4 is 0 Å². The zero-order chi connectivity index (χ0) is 11.0. The summed E-state index contributed by atoms with van der Waals surface area (Å²) in [5.74, 6) is 0.262. The Kier molecular flexibility index (Phi) is 7.17. The average molecular weight is 198 g/mol. The van der Waals surface area contributed by atoms with Gasteiger partial charge in [-0.2, -0.15) is 0 Å². The van der Waals surface area contributed by atoms with Crippen LogP contribution >= 0.6 is 0 Å². The molecule has 0 radical (unpaired) electrons. The van der Waals surface area contributed by atoms with E-state index in [1.165, 1.54) is 25.3 Å². The van der Waals surface area contributed by atoms with E-state index in [1.807, 2.05) is 0 Å². The van der Waals surface area contributed by atoms with Gasteiger partial charge in [-0.1, -0.05) is 39.7 Å². The second-order valence-corrected chi connectivity index (χ2v) is 3.86. The smallest absolute Gasteiger partial charge is 0.302 e. The number of esters is 1. The van der Waals surface area contributed by atoms with Gasteiger partial charge in [0.15, 0.2) is 0 Å². The lowest BCUT2D eigenvalue weighted by Crippen LogP contribution is -2.07. The van der Waals surface area contributed by atoms with E-state index in [0.29, 0.717) is 12.5 Å². The Morgan fingerprint density at radius 3 is 2.50 bits per heavy atom. The maximum atomic E-state index is 10.7. The van der Waals surface area contributed by atoms with Crippen LogP contribution in [0.15, 0.2) is 11.6 Å². The molecule has 0 aliphatic heterocycles. The van der Waals surface area contributed by atoms with Crippen LogP contribution in [-0.4, -0.2) is 12.6 Å². The number of ether oxygens (including phenoxy) is 1. The summed E-state index contributed by atoms with van der Waals surface area (Å²) >= 11 is 0. The molecule has 0 atom stereocenters. The first-order valence-electron chi connectivity index (χ1n) is 5.40. The first-order valence-corrected chi connectivity index (χ1v) is 5.40. The molecule has 0 N–H and O–H groups in total. The fourth-order valence-electron chi connectivity index (χ4n) is 1.14. The normalized spacial score (nSPS) is 11.9. The molecule has 14 heavy (non-hydrogen) atoms. The maximum Gasteiger partial charge on any atom is 0.302 e. The van der Waals surface area contributed by atoms with Gasteiger partial charge in [-0.25, -0.2) is 0 Å². The molecule has 0 aliphatic rings. The van der Waals surface area contributed by atoms with Crippen molar-refractivity contribution < 1.29 is 9.53 Å². The number of carbonyl (C=O) groups is 1. The van der Waals surface area contributed by atoms with Gasteiger partial charge in [0, 0.05) is 6.92 Å². The van der Waals surface area contributed by atoms with Crippen LogP contribution in [0.25, 0.3) is 0 Å². The Balaban J connectivity index is 4.00. The van der Waals surface area contributed by atoms with Gasteiger partial charge in [0.1, 0.15) is 6.61 Å². The predicted molar refractivity (Wildman–Crippen MR) is 59.1 cm³/mol. The Morgan fingerprint density at radius 2 is 2.07 bits per heavy atom. The van der Waals surface area contributed by atoms with E-state index in [-0.39, 0.29) is 5.97 Å². The van der Waals surface area contributed by atoms with Crippen molar-refractivity contribution in [3.8, 4) is 0 Å². The molecule has 0 aromatic carbocycles. The van der Waals surface area contributed by atoms with Crippen molar-refractivity contribution in [1.29, 1.82) is 0 Å². The van der Waals surface area contributed by atoms with E-state index in [4.69, 9.17) is 4.74 Å². The van der Waals surface area contributed by atoms with Crippen molar-refractivity contribution in [2.75, 3.05) is 6.61 Å². The summed E-state index contributed by atoms with van der Waals surface area (Å²) in [6.07, 6.45) is 5.70. The van der Waals surface area contributed by atoms with Crippen LogP contribution in [-0.2, 0) is 9.53 Å². The predicted octanol–water partition coefficient (Wildman–Crippen LogP) is 3.32. The minimum Gasteiger partial charge on any atom is -0.461 e. The highest BCUT2D eigenvalue weighted by Gasteiger charge is 2.04. The zero-order valence-electron chi connectivity index (χ0n) is 9.80. The molecule has 2 nitrogen and oxygen atoms in total. The molecule has 0 unspecified atom stereocenters. The molecule has 0 saturated carbocycles. The third-order valence-electron chi connectivity index (χ3n) is 2.15. The Labute approximate surface area is 87.3 Å². The molecule has 0 saturated heterocycles. The number of hydrogen-bond donors (Lipinski definition) is 0. The fourth-order valence-corrected chi connectivity index (χ4v) is 1.14. The van der Waals surface area contributed by atoms with Crippen LogP contribution in [0.2, 0.25) is 0 Å². The van der Waals surface area contributed by atoms with Gasteiger partial charge in [-0.05, 0) is 17.9 Å². The molecule has 0 bridgehead atoms. The molecular weight excluding hydrogens is 176 g/mol. The third-order valence-corrected chi connectivity index (χ3v) is 2.15. The monoisotopic (exact) mass is 198 g/mol. The van der Waals surface area contributed by atoms with E-state index < -0.39 is 0 Å². The van der Waals surface area contributed by atoms with Crippen LogP contribution in [0.1, 0.15) is 47.0 Å². The van der Waals surface area contributed by atoms with Crippen molar-refractivity contribution in [2.24, 2.45) is 5.92 Å². The van der Waals surface area contributed by atoms with Gasteiger partial charge in [-0.15, -0.1) is 0 Å². The van der Waals surface area contributed by atoms with Gasteiger partial charge >= 0.3 is 5.97 Å². The number of allylic oxidation sites excluding steroid dienone is 1. The standard InChI is InChI=1S/C12H22O2/c1-5-6-7-8-12(10(2)3)9-14-11(4)13/h8,10H,5-7,9H2,1-4H3. The fraction of sp³-hybridized carbons (Fsp3) is 0.750. The van der Waals surface area contributed by atoms with Crippen molar-refractivity contribution in [1.82, 2.24) is 0 Å². The van der Waals surface area contributed by atoms with Crippen LogP contribution in [0.5, 0.6) is 0 Å². The van der Waals surface area contributed by atoms with Crippen LogP contribution in [0.3, 0.4) is 0 Å². The number of hydrogen-bond acceptors (Lipinski definition) is 2. The second-order valence-electron chi connectivity index (χ2n) is 3.86. The summed E-state index contributed by atoms with van der Waals surface area (Å²) in [7, 11) is 0. The average Bonchev–Trinajstić information content (AvgIpc) is 2.10. The van der Waals surface area contributed by atoms with E-state index >= 15 is 0 Å². The molecular formula is C12H22O2. The van der Waals surface area contributed by atoms with Crippen molar-refractivity contribution >= 4 is 5.97 Å². The summed E-state index contributed by atoms with van der Waals surface area (Å²) in [5.41, 5.74) is 1.23. The van der Waals surface area contributed by atoms with Gasteiger partial charge in [0.2, 0.25) is 0 Å². The van der Waals surface area contributed by atoms with Gasteiger partial charge in [0.25, 0.3) is 0 Å². The Bertz CT molecular complexity index is 192. The largest absolute Gasteiger partial charge is 0.461 e. The van der Waals surface area contributed by atoms with Crippen molar-refractivity contribution in [3.63, 3.8) is 0 Å². The lowest BCUT2D eigenvalue weighted by atomic mass is 10.0.